The molecule has 142 valence electrons. The van der Waals surface area contributed by atoms with Crippen molar-refractivity contribution in [2.24, 2.45) is 18.9 Å². The van der Waals surface area contributed by atoms with Crippen molar-refractivity contribution in [3.63, 3.8) is 0 Å². The van der Waals surface area contributed by atoms with Gasteiger partial charge in [0.15, 0.2) is 0 Å². The minimum Gasteiger partial charge on any atom is -0.497 e. The van der Waals surface area contributed by atoms with E-state index in [0.717, 1.165) is 25.3 Å². The fourth-order valence-corrected chi connectivity index (χ4v) is 5.94. The van der Waals surface area contributed by atoms with Crippen LogP contribution in [0.3, 0.4) is 0 Å². The monoisotopic (exact) mass is 366 g/mol. The lowest BCUT2D eigenvalue weighted by Crippen LogP contribution is -2.40. The highest BCUT2D eigenvalue weighted by molar-refractivity contribution is 5.89. The summed E-state index contributed by atoms with van der Waals surface area (Å²) in [5.74, 6) is 1.10. The smallest absolute Gasteiger partial charge is 0.309 e. The van der Waals surface area contributed by atoms with E-state index in [1.165, 1.54) is 34.8 Å². The van der Waals surface area contributed by atoms with Crippen molar-refractivity contribution < 1.29 is 14.3 Å². The Labute approximate surface area is 159 Å². The molecule has 0 saturated carbocycles. The van der Waals surface area contributed by atoms with Crippen molar-refractivity contribution in [1.29, 1.82) is 0 Å². The van der Waals surface area contributed by atoms with Crippen LogP contribution in [0.25, 0.3) is 10.9 Å². The number of fused-ring (bicyclic) bond motifs is 2. The summed E-state index contributed by atoms with van der Waals surface area (Å²) in [5, 5.41) is 1.22. The van der Waals surface area contributed by atoms with Gasteiger partial charge in [-0.15, -0.1) is 0 Å². The number of carbonyl (C=O) groups is 1. The first kappa shape index (κ1) is 16.9. The molecule has 1 unspecified atom stereocenters. The van der Waals surface area contributed by atoms with Gasteiger partial charge in [0.05, 0.1) is 26.2 Å². The largest absolute Gasteiger partial charge is 0.497 e. The van der Waals surface area contributed by atoms with Crippen molar-refractivity contribution in [1.82, 2.24) is 9.47 Å². The maximum Gasteiger partial charge on any atom is 0.309 e. The molecule has 5 atom stereocenters. The third kappa shape index (κ3) is 2.12. The lowest BCUT2D eigenvalue weighted by Gasteiger charge is -2.40. The van der Waals surface area contributed by atoms with Crippen LogP contribution in [0, 0.1) is 11.8 Å². The van der Waals surface area contributed by atoms with E-state index in [-0.39, 0.29) is 23.7 Å². The first-order valence-corrected chi connectivity index (χ1v) is 9.72. The highest BCUT2D eigenvalue weighted by Crippen LogP contribution is 2.57. The number of methoxy groups -OCH3 is 2. The number of aromatic nitrogens is 1. The normalized spacial score (nSPS) is 32.6. The van der Waals surface area contributed by atoms with E-state index in [0.29, 0.717) is 6.04 Å². The summed E-state index contributed by atoms with van der Waals surface area (Å²) in [6.45, 7) is 3.97. The van der Waals surface area contributed by atoms with Crippen LogP contribution in [0.2, 0.25) is 0 Å². The molecular weight excluding hydrogens is 340 g/mol. The quantitative estimate of drug-likeness (QED) is 0.604. The number of rotatable bonds is 2. The molecule has 5 heterocycles. The molecule has 4 bridgehead atoms. The van der Waals surface area contributed by atoms with E-state index in [4.69, 9.17) is 9.47 Å². The lowest BCUT2D eigenvalue weighted by atomic mass is 9.76. The maximum atomic E-state index is 12.9. The van der Waals surface area contributed by atoms with Crippen LogP contribution in [0.1, 0.15) is 36.6 Å². The Balaban J connectivity index is 1.80. The van der Waals surface area contributed by atoms with Gasteiger partial charge in [-0.1, -0.05) is 11.6 Å². The van der Waals surface area contributed by atoms with Gasteiger partial charge in [-0.3, -0.25) is 9.69 Å². The van der Waals surface area contributed by atoms with Crippen LogP contribution in [0.15, 0.2) is 29.8 Å². The molecule has 1 aromatic heterocycles. The molecule has 5 heteroatoms. The number of benzene rings is 1. The number of nitrogens with zero attached hydrogens (tertiary/aromatic N) is 2. The van der Waals surface area contributed by atoms with Crippen LogP contribution >= 0.6 is 0 Å². The van der Waals surface area contributed by atoms with Crippen LogP contribution < -0.4 is 4.74 Å². The molecule has 4 aliphatic heterocycles. The lowest BCUT2D eigenvalue weighted by molar-refractivity contribution is -0.147. The van der Waals surface area contributed by atoms with E-state index in [2.05, 4.69) is 41.6 Å². The van der Waals surface area contributed by atoms with Crippen LogP contribution in [-0.4, -0.2) is 42.7 Å². The number of hydrogen-bond acceptors (Lipinski definition) is 4. The van der Waals surface area contributed by atoms with Gasteiger partial charge in [0, 0.05) is 42.7 Å². The minimum absolute atomic E-state index is 0.0698. The zero-order valence-corrected chi connectivity index (χ0v) is 16.4. The highest BCUT2D eigenvalue weighted by atomic mass is 16.5. The summed E-state index contributed by atoms with van der Waals surface area (Å²) in [5.41, 5.74) is 5.31. The number of piperidine rings is 1. The molecule has 1 aliphatic carbocycles. The molecule has 0 amide bonds. The number of esters is 1. The van der Waals surface area contributed by atoms with Crippen molar-refractivity contribution in [3.05, 3.63) is 41.1 Å². The van der Waals surface area contributed by atoms with Gasteiger partial charge in [-0.2, -0.15) is 0 Å². The number of hydrogen-bond donors (Lipinski definition) is 0. The van der Waals surface area contributed by atoms with Gasteiger partial charge in [-0.05, 0) is 43.0 Å². The second kappa shape index (κ2) is 5.86. The zero-order valence-electron chi connectivity index (χ0n) is 16.4. The Morgan fingerprint density at radius 1 is 1.26 bits per heavy atom. The Kier molecular flexibility index (Phi) is 3.66. The minimum atomic E-state index is -0.116. The van der Waals surface area contributed by atoms with Crippen LogP contribution in [-0.2, 0) is 16.6 Å². The molecule has 5 aliphatic rings. The fraction of sp³-hybridized carbons (Fsp3) is 0.500. The Morgan fingerprint density at radius 3 is 2.78 bits per heavy atom. The molecule has 5 nitrogen and oxygen atoms in total. The Hall–Kier alpha value is -2.27. The van der Waals surface area contributed by atoms with E-state index in [1.54, 1.807) is 7.11 Å². The number of aryl methyl sites for hydroxylation is 1. The zero-order chi connectivity index (χ0) is 18.9. The van der Waals surface area contributed by atoms with Crippen molar-refractivity contribution >= 4 is 16.9 Å². The third-order valence-electron chi connectivity index (χ3n) is 7.10. The molecule has 3 fully saturated rings. The van der Waals surface area contributed by atoms with Gasteiger partial charge >= 0.3 is 5.97 Å². The summed E-state index contributed by atoms with van der Waals surface area (Å²) in [7, 11) is 5.39. The molecule has 7 rings (SSSR count). The van der Waals surface area contributed by atoms with Crippen LogP contribution in [0.4, 0.5) is 0 Å². The molecule has 0 spiro atoms. The van der Waals surface area contributed by atoms with Gasteiger partial charge in [-0.25, -0.2) is 0 Å². The summed E-state index contributed by atoms with van der Waals surface area (Å²) in [6.07, 6.45) is 3.20. The second-order valence-electron chi connectivity index (χ2n) is 8.05. The van der Waals surface area contributed by atoms with E-state index in [1.807, 2.05) is 6.07 Å². The van der Waals surface area contributed by atoms with Gasteiger partial charge in [0.1, 0.15) is 5.75 Å². The number of allylic oxidation sites excluding steroid dienone is 1. The maximum absolute atomic E-state index is 12.9. The molecule has 1 aromatic carbocycles. The Morgan fingerprint density at radius 2 is 2.07 bits per heavy atom. The fourth-order valence-electron chi connectivity index (χ4n) is 5.94. The van der Waals surface area contributed by atoms with Crippen LogP contribution in [0.5, 0.6) is 5.75 Å². The number of carbonyl (C=O) groups excluding carboxylic acids is 1. The van der Waals surface area contributed by atoms with E-state index >= 15 is 0 Å². The summed E-state index contributed by atoms with van der Waals surface area (Å²) in [6, 6.07) is 6.66. The Bertz CT molecular complexity index is 974. The third-order valence-corrected chi connectivity index (χ3v) is 7.10. The highest BCUT2D eigenvalue weighted by Gasteiger charge is 2.54. The molecule has 27 heavy (non-hydrogen) atoms. The summed E-state index contributed by atoms with van der Waals surface area (Å²) < 4.78 is 13.1. The predicted molar refractivity (Wildman–Crippen MR) is 104 cm³/mol. The molecule has 0 radical (unpaired) electrons. The van der Waals surface area contributed by atoms with Crippen molar-refractivity contribution in [3.8, 4) is 5.75 Å². The van der Waals surface area contributed by atoms with Gasteiger partial charge in [0.25, 0.3) is 0 Å². The molecular formula is C22H26N2O3. The van der Waals surface area contributed by atoms with Gasteiger partial charge < -0.3 is 14.0 Å². The standard InChI is InChI=1S/C22H26N2O3/c1-5-12-10-24-11-16-19-15-8-13(26-3)6-7-17(15)23(2)21(19)18(24)9-14(12)20(16)22(25)27-4/h5-8,14,16,18,20H,9-11H2,1-4H3/t14-,16+,18+,20+/m1/s1. The average Bonchev–Trinajstić information content (AvgIpc) is 2.83. The molecule has 0 N–H and O–H groups in total. The predicted octanol–water partition coefficient (Wildman–Crippen LogP) is 3.40. The van der Waals surface area contributed by atoms with E-state index in [9.17, 15) is 4.79 Å². The SMILES string of the molecule is CC=C1CN2C[C@H]3c4c(n(C)c5ccc(OC)cc45)[C@@H]2C[C@H]1[C@@H]3C(=O)OC. The average molecular weight is 366 g/mol. The van der Waals surface area contributed by atoms with Crippen molar-refractivity contribution in [2.45, 2.75) is 25.3 Å². The summed E-state index contributed by atoms with van der Waals surface area (Å²) in [4.78, 5) is 15.5. The van der Waals surface area contributed by atoms with E-state index < -0.39 is 0 Å². The first-order valence-electron chi connectivity index (χ1n) is 9.72. The first-order chi connectivity index (χ1) is 13.1. The molecule has 3 saturated heterocycles. The van der Waals surface area contributed by atoms with Crippen molar-refractivity contribution in [2.75, 3.05) is 27.3 Å². The second-order valence-corrected chi connectivity index (χ2v) is 8.05. The molecule has 2 aromatic rings. The summed E-state index contributed by atoms with van der Waals surface area (Å²) >= 11 is 0. The number of ether oxygens (including phenoxy) is 2. The van der Waals surface area contributed by atoms with Gasteiger partial charge in [0.2, 0.25) is 0 Å². The topological polar surface area (TPSA) is 43.7 Å².